The first-order valence-electron chi connectivity index (χ1n) is 13.9. The summed E-state index contributed by atoms with van der Waals surface area (Å²) in [5.74, 6) is -0.0143. The molecule has 5 rings (SSSR count). The van der Waals surface area contributed by atoms with Crippen molar-refractivity contribution in [3.8, 4) is 11.1 Å². The number of amides is 1. The number of aryl methyl sites for hydroxylation is 1. The van der Waals surface area contributed by atoms with Gasteiger partial charge < -0.3 is 15.5 Å². The molecule has 4 aromatic rings. The van der Waals surface area contributed by atoms with E-state index in [9.17, 15) is 18.0 Å². The number of alkyl halides is 3. The Labute approximate surface area is 243 Å². The summed E-state index contributed by atoms with van der Waals surface area (Å²) in [6.07, 6.45) is 0.597. The van der Waals surface area contributed by atoms with Crippen LogP contribution in [-0.2, 0) is 12.7 Å². The molecule has 2 N–H and O–H groups in total. The highest BCUT2D eigenvalue weighted by molar-refractivity contribution is 6.04. The summed E-state index contributed by atoms with van der Waals surface area (Å²) in [4.78, 5) is 25.9. The number of nitrogens with one attached hydrogen (secondary N) is 2. The Balaban J connectivity index is 1.31. The molecule has 0 bridgehead atoms. The Morgan fingerprint density at radius 2 is 1.71 bits per heavy atom. The van der Waals surface area contributed by atoms with Crippen LogP contribution in [0.4, 0.5) is 30.4 Å². The average molecular weight is 575 g/mol. The highest BCUT2D eigenvalue weighted by Gasteiger charge is 2.34. The lowest BCUT2D eigenvalue weighted by Gasteiger charge is -2.34. The van der Waals surface area contributed by atoms with Crippen LogP contribution in [0.2, 0.25) is 0 Å². The Morgan fingerprint density at radius 1 is 0.929 bits per heavy atom. The van der Waals surface area contributed by atoms with Crippen molar-refractivity contribution in [3.63, 3.8) is 0 Å². The maximum Gasteiger partial charge on any atom is 0.416 e. The van der Waals surface area contributed by atoms with Crippen molar-refractivity contribution in [2.45, 2.75) is 26.6 Å². The predicted molar refractivity (Wildman–Crippen MR) is 159 cm³/mol. The van der Waals surface area contributed by atoms with Gasteiger partial charge in [-0.25, -0.2) is 4.98 Å². The van der Waals surface area contributed by atoms with Crippen molar-refractivity contribution >= 4 is 23.1 Å². The van der Waals surface area contributed by atoms with Gasteiger partial charge in [0.15, 0.2) is 0 Å². The molecule has 0 spiro atoms. The van der Waals surface area contributed by atoms with E-state index in [1.165, 1.54) is 12.1 Å². The van der Waals surface area contributed by atoms with Gasteiger partial charge in [0.25, 0.3) is 5.91 Å². The zero-order chi connectivity index (χ0) is 29.7. The van der Waals surface area contributed by atoms with Gasteiger partial charge in [-0.15, -0.1) is 0 Å². The monoisotopic (exact) mass is 574 g/mol. The Bertz CT molecular complexity index is 1540. The minimum Gasteiger partial charge on any atom is -0.340 e. The van der Waals surface area contributed by atoms with Crippen molar-refractivity contribution in [1.29, 1.82) is 0 Å². The van der Waals surface area contributed by atoms with E-state index in [0.29, 0.717) is 30.3 Å². The van der Waals surface area contributed by atoms with Crippen LogP contribution in [0.1, 0.15) is 34.0 Å². The van der Waals surface area contributed by atoms with Gasteiger partial charge in [0.05, 0.1) is 5.56 Å². The van der Waals surface area contributed by atoms with Gasteiger partial charge in [-0.05, 0) is 72.6 Å². The third-order valence-electron chi connectivity index (χ3n) is 7.50. The van der Waals surface area contributed by atoms with E-state index in [1.54, 1.807) is 30.7 Å². The molecule has 7 nitrogen and oxygen atoms in total. The van der Waals surface area contributed by atoms with E-state index in [-0.39, 0.29) is 17.7 Å². The van der Waals surface area contributed by atoms with E-state index in [0.717, 1.165) is 42.4 Å². The van der Waals surface area contributed by atoms with Gasteiger partial charge in [-0.3, -0.25) is 14.7 Å². The van der Waals surface area contributed by atoms with Gasteiger partial charge in [-0.1, -0.05) is 25.1 Å². The number of hydrogen-bond donors (Lipinski definition) is 2. The van der Waals surface area contributed by atoms with Crippen molar-refractivity contribution in [2.24, 2.45) is 0 Å². The molecule has 0 radical (unpaired) electrons. The molecule has 0 aliphatic carbocycles. The number of hydrogen-bond acceptors (Lipinski definition) is 6. The molecular weight excluding hydrogens is 541 g/mol. The largest absolute Gasteiger partial charge is 0.416 e. The van der Waals surface area contributed by atoms with E-state index in [2.05, 4.69) is 32.4 Å². The van der Waals surface area contributed by atoms with Crippen LogP contribution in [0.3, 0.4) is 0 Å². The minimum atomic E-state index is -4.57. The third-order valence-corrected chi connectivity index (χ3v) is 7.50. The smallest absolute Gasteiger partial charge is 0.340 e. The quantitative estimate of drug-likeness (QED) is 0.247. The number of benzene rings is 2. The van der Waals surface area contributed by atoms with E-state index in [4.69, 9.17) is 0 Å². The molecule has 1 amide bonds. The Kier molecular flexibility index (Phi) is 8.84. The lowest BCUT2D eigenvalue weighted by molar-refractivity contribution is -0.138. The number of carbonyl (C=O) groups excluding carboxylic acids is 1. The molecule has 3 heterocycles. The van der Waals surface area contributed by atoms with Crippen LogP contribution in [-0.4, -0.2) is 58.4 Å². The lowest BCUT2D eigenvalue weighted by Crippen LogP contribution is -2.45. The number of halogens is 3. The molecule has 0 unspecified atom stereocenters. The first-order chi connectivity index (χ1) is 20.2. The van der Waals surface area contributed by atoms with Gasteiger partial charge >= 0.3 is 6.18 Å². The number of likely N-dealkylation sites (N-methyl/N-ethyl adjacent to an activating group) is 1. The fourth-order valence-corrected chi connectivity index (χ4v) is 5.01. The summed E-state index contributed by atoms with van der Waals surface area (Å²) in [6.45, 7) is 8.19. The summed E-state index contributed by atoms with van der Waals surface area (Å²) >= 11 is 0. The van der Waals surface area contributed by atoms with Crippen LogP contribution >= 0.6 is 0 Å². The fraction of sp³-hybridized carbons (Fsp3) is 0.281. The molecule has 2 aromatic carbocycles. The molecule has 0 saturated carbocycles. The number of piperazine rings is 1. The van der Waals surface area contributed by atoms with Crippen LogP contribution in [0, 0.1) is 6.92 Å². The maximum absolute atomic E-state index is 14.1. The molecule has 10 heteroatoms. The summed E-state index contributed by atoms with van der Waals surface area (Å²) < 4.78 is 42.2. The molecular formula is C32H33F3N6O. The molecule has 42 heavy (non-hydrogen) atoms. The fourth-order valence-electron chi connectivity index (χ4n) is 5.01. The van der Waals surface area contributed by atoms with Crippen molar-refractivity contribution in [1.82, 2.24) is 19.8 Å². The first-order valence-corrected chi connectivity index (χ1v) is 13.9. The van der Waals surface area contributed by atoms with E-state index >= 15 is 0 Å². The Morgan fingerprint density at radius 3 is 2.43 bits per heavy atom. The second-order valence-electron chi connectivity index (χ2n) is 10.4. The molecule has 1 aliphatic rings. The van der Waals surface area contributed by atoms with Crippen LogP contribution in [0.15, 0.2) is 79.3 Å². The number of aromatic nitrogens is 2. The summed E-state index contributed by atoms with van der Waals surface area (Å²) in [5.41, 5.74) is 3.29. The van der Waals surface area contributed by atoms with Gasteiger partial charge in [-0.2, -0.15) is 13.2 Å². The highest BCUT2D eigenvalue weighted by atomic mass is 19.4. The predicted octanol–water partition coefficient (Wildman–Crippen LogP) is 6.60. The van der Waals surface area contributed by atoms with E-state index < -0.39 is 17.6 Å². The molecule has 1 aliphatic heterocycles. The average Bonchev–Trinajstić information content (AvgIpc) is 2.99. The molecule has 2 aromatic heterocycles. The van der Waals surface area contributed by atoms with Gasteiger partial charge in [0, 0.05) is 73.8 Å². The summed E-state index contributed by atoms with van der Waals surface area (Å²) in [5, 5.41) is 6.03. The molecule has 1 fully saturated rings. The van der Waals surface area contributed by atoms with Crippen molar-refractivity contribution in [2.75, 3.05) is 43.4 Å². The molecule has 1 saturated heterocycles. The zero-order valence-electron chi connectivity index (χ0n) is 23.6. The van der Waals surface area contributed by atoms with Crippen molar-refractivity contribution < 1.29 is 18.0 Å². The number of pyridine rings is 2. The number of anilines is 3. The highest BCUT2D eigenvalue weighted by Crippen LogP contribution is 2.34. The Hall–Kier alpha value is -4.28. The third kappa shape index (κ3) is 7.13. The summed E-state index contributed by atoms with van der Waals surface area (Å²) in [6, 6.07) is 16.7. The van der Waals surface area contributed by atoms with Crippen molar-refractivity contribution in [3.05, 3.63) is 102 Å². The van der Waals surface area contributed by atoms with Crippen LogP contribution in [0.5, 0.6) is 0 Å². The number of rotatable bonds is 8. The second kappa shape index (κ2) is 12.7. The van der Waals surface area contributed by atoms with Gasteiger partial charge in [0.2, 0.25) is 0 Å². The second-order valence-corrected chi connectivity index (χ2v) is 10.4. The summed E-state index contributed by atoms with van der Waals surface area (Å²) in [7, 11) is 0. The van der Waals surface area contributed by atoms with Gasteiger partial charge in [0.1, 0.15) is 5.82 Å². The maximum atomic E-state index is 14.1. The molecule has 0 atom stereocenters. The topological polar surface area (TPSA) is 73.4 Å². The lowest BCUT2D eigenvalue weighted by atomic mass is 10.0. The number of nitrogens with zero attached hydrogens (tertiary/aromatic N) is 4. The molecule has 218 valence electrons. The van der Waals surface area contributed by atoms with Crippen LogP contribution in [0.25, 0.3) is 11.1 Å². The first kappa shape index (κ1) is 29.2. The normalized spacial score (nSPS) is 14.5. The minimum absolute atomic E-state index is 0.0530. The zero-order valence-corrected chi connectivity index (χ0v) is 23.6. The van der Waals surface area contributed by atoms with Crippen LogP contribution < -0.4 is 10.6 Å². The van der Waals surface area contributed by atoms with E-state index in [1.807, 2.05) is 42.2 Å². The number of carbonyl (C=O) groups is 1. The SMILES string of the molecule is CCN1CCN(Cc2ccc(C(=O)Nc3ccc(C)c(Nc4cc(-c5cccnc5)ccn4)c3)cc2C(F)(F)F)CC1. The standard InChI is InChI=1S/C32H33F3N6O/c1-3-40-13-15-41(16-14-40)21-26-8-7-24(17-28(26)32(33,34)35)31(42)38-27-9-6-22(2)29(19-27)39-30-18-23(10-12-37-30)25-5-4-11-36-20-25/h4-12,17-20H,3,13-16,21H2,1-2H3,(H,37,39)(H,38,42).